The van der Waals surface area contributed by atoms with Crippen LogP contribution in [0.1, 0.15) is 66.7 Å². The molecule has 0 bridgehead atoms. The molecule has 1 aliphatic rings. The smallest absolute Gasteiger partial charge is 0.323 e. The molecule has 0 aliphatic heterocycles. The zero-order chi connectivity index (χ0) is 16.0. The summed E-state index contributed by atoms with van der Waals surface area (Å²) < 4.78 is 0. The van der Waals surface area contributed by atoms with Crippen LogP contribution in [0.25, 0.3) is 0 Å². The molecule has 21 heavy (non-hydrogen) atoms. The van der Waals surface area contributed by atoms with Gasteiger partial charge in [-0.2, -0.15) is 0 Å². The molecule has 0 aromatic heterocycles. The molecule has 124 valence electrons. The first kappa shape index (κ1) is 18.4. The predicted octanol–water partition coefficient (Wildman–Crippen LogP) is 3.12. The number of carboxylic acids is 1. The van der Waals surface area contributed by atoms with Crippen LogP contribution in [0.15, 0.2) is 0 Å². The number of nitrogens with zero attached hydrogens (tertiary/aromatic N) is 1. The third kappa shape index (κ3) is 5.95. The van der Waals surface area contributed by atoms with E-state index >= 15 is 0 Å². The van der Waals surface area contributed by atoms with Crippen molar-refractivity contribution in [3.8, 4) is 0 Å². The lowest BCUT2D eigenvalue weighted by Crippen LogP contribution is -2.54. The molecule has 0 saturated heterocycles. The average Bonchev–Trinajstić information content (AvgIpc) is 3.19. The Bertz CT molecular complexity index is 327. The fraction of sp³-hybridized carbons (Fsp3) is 0.941. The minimum Gasteiger partial charge on any atom is -0.480 e. The molecule has 2 N–H and O–H groups in total. The van der Waals surface area contributed by atoms with Crippen LogP contribution in [0.2, 0.25) is 0 Å². The molecule has 0 amide bonds. The number of hydrogen-bond donors (Lipinski definition) is 2. The first-order chi connectivity index (χ1) is 9.80. The average molecular weight is 298 g/mol. The van der Waals surface area contributed by atoms with Gasteiger partial charge in [0.25, 0.3) is 0 Å². The van der Waals surface area contributed by atoms with E-state index in [-0.39, 0.29) is 6.04 Å². The Morgan fingerprint density at radius 1 is 1.33 bits per heavy atom. The lowest BCUT2D eigenvalue weighted by molar-refractivity contribution is -0.145. The van der Waals surface area contributed by atoms with Crippen LogP contribution in [0.3, 0.4) is 0 Å². The molecular weight excluding hydrogens is 264 g/mol. The molecule has 0 aromatic carbocycles. The van der Waals surface area contributed by atoms with Crippen molar-refractivity contribution in [2.24, 2.45) is 5.92 Å². The second kappa shape index (κ2) is 8.14. The van der Waals surface area contributed by atoms with Crippen molar-refractivity contribution in [3.63, 3.8) is 0 Å². The van der Waals surface area contributed by atoms with Crippen LogP contribution in [0.5, 0.6) is 0 Å². The van der Waals surface area contributed by atoms with E-state index in [1.54, 1.807) is 0 Å². The summed E-state index contributed by atoms with van der Waals surface area (Å²) in [5.74, 6) is 0.175. The van der Waals surface area contributed by atoms with Gasteiger partial charge in [-0.3, -0.25) is 10.1 Å². The summed E-state index contributed by atoms with van der Waals surface area (Å²) in [5.41, 5.74) is -0.767. The van der Waals surface area contributed by atoms with Crippen LogP contribution in [-0.2, 0) is 4.79 Å². The van der Waals surface area contributed by atoms with E-state index in [0.717, 1.165) is 18.9 Å². The van der Waals surface area contributed by atoms with Crippen LogP contribution >= 0.6 is 0 Å². The Morgan fingerprint density at radius 3 is 2.33 bits per heavy atom. The van der Waals surface area contributed by atoms with Gasteiger partial charge in [0.15, 0.2) is 0 Å². The summed E-state index contributed by atoms with van der Waals surface area (Å²) in [6.45, 7) is 12.7. The zero-order valence-corrected chi connectivity index (χ0v) is 14.5. The molecule has 0 spiro atoms. The number of carbonyl (C=O) groups is 1. The Balaban J connectivity index is 2.52. The normalized spacial score (nSPS) is 18.5. The molecule has 1 rings (SSSR count). The standard InChI is InChI=1S/C17H34N2O2/c1-6-17(16(20)21,18-13(2)3)10-7-11-19(14(4)5)12-15-8-9-15/h13-15,18H,6-12H2,1-5H3,(H,20,21). The summed E-state index contributed by atoms with van der Waals surface area (Å²) in [6.07, 6.45) is 5.00. The highest BCUT2D eigenvalue weighted by atomic mass is 16.4. The van der Waals surface area contributed by atoms with Gasteiger partial charge in [0.1, 0.15) is 5.54 Å². The van der Waals surface area contributed by atoms with Crippen molar-refractivity contribution >= 4 is 5.97 Å². The van der Waals surface area contributed by atoms with Gasteiger partial charge < -0.3 is 10.0 Å². The lowest BCUT2D eigenvalue weighted by Gasteiger charge is -2.33. The maximum absolute atomic E-state index is 11.7. The predicted molar refractivity (Wildman–Crippen MR) is 87.6 cm³/mol. The van der Waals surface area contributed by atoms with E-state index in [2.05, 4.69) is 24.1 Å². The van der Waals surface area contributed by atoms with Gasteiger partial charge >= 0.3 is 5.97 Å². The first-order valence-corrected chi connectivity index (χ1v) is 8.56. The maximum Gasteiger partial charge on any atom is 0.323 e. The maximum atomic E-state index is 11.7. The molecular formula is C17H34N2O2. The van der Waals surface area contributed by atoms with E-state index in [1.807, 2.05) is 20.8 Å². The number of aliphatic carboxylic acids is 1. The van der Waals surface area contributed by atoms with Crippen LogP contribution in [-0.4, -0.2) is 46.7 Å². The highest BCUT2D eigenvalue weighted by Crippen LogP contribution is 2.30. The molecule has 0 heterocycles. The van der Waals surface area contributed by atoms with E-state index in [1.165, 1.54) is 19.4 Å². The highest BCUT2D eigenvalue weighted by molar-refractivity contribution is 5.78. The fourth-order valence-electron chi connectivity index (χ4n) is 3.00. The van der Waals surface area contributed by atoms with E-state index < -0.39 is 11.5 Å². The summed E-state index contributed by atoms with van der Waals surface area (Å²) in [4.78, 5) is 14.2. The molecule has 1 fully saturated rings. The number of hydrogen-bond acceptors (Lipinski definition) is 3. The van der Waals surface area contributed by atoms with Crippen molar-refractivity contribution < 1.29 is 9.90 Å². The summed E-state index contributed by atoms with van der Waals surface area (Å²) in [7, 11) is 0. The Labute approximate surface area is 130 Å². The molecule has 1 aliphatic carbocycles. The van der Waals surface area contributed by atoms with Crippen molar-refractivity contribution in [1.29, 1.82) is 0 Å². The van der Waals surface area contributed by atoms with Crippen molar-refractivity contribution in [2.45, 2.75) is 84.3 Å². The van der Waals surface area contributed by atoms with Gasteiger partial charge in [0.2, 0.25) is 0 Å². The van der Waals surface area contributed by atoms with Crippen LogP contribution in [0.4, 0.5) is 0 Å². The van der Waals surface area contributed by atoms with Gasteiger partial charge in [-0.1, -0.05) is 6.92 Å². The Morgan fingerprint density at radius 2 is 1.95 bits per heavy atom. The largest absolute Gasteiger partial charge is 0.480 e. The lowest BCUT2D eigenvalue weighted by atomic mass is 9.89. The number of carboxylic acid groups (broad SMARTS) is 1. The van der Waals surface area contributed by atoms with Gasteiger partial charge in [-0.15, -0.1) is 0 Å². The minimum atomic E-state index is -0.767. The van der Waals surface area contributed by atoms with Crippen molar-refractivity contribution in [1.82, 2.24) is 10.2 Å². The van der Waals surface area contributed by atoms with Gasteiger partial charge in [0, 0.05) is 18.6 Å². The van der Waals surface area contributed by atoms with Gasteiger partial charge in [0.05, 0.1) is 0 Å². The first-order valence-electron chi connectivity index (χ1n) is 8.56. The molecule has 1 saturated carbocycles. The monoisotopic (exact) mass is 298 g/mol. The van der Waals surface area contributed by atoms with Crippen LogP contribution in [0, 0.1) is 5.92 Å². The van der Waals surface area contributed by atoms with Crippen molar-refractivity contribution in [3.05, 3.63) is 0 Å². The summed E-state index contributed by atoms with van der Waals surface area (Å²) in [6, 6.07) is 0.734. The minimum absolute atomic E-state index is 0.189. The molecule has 4 nitrogen and oxygen atoms in total. The Hall–Kier alpha value is -0.610. The molecule has 1 atom stereocenters. The Kier molecular flexibility index (Phi) is 7.14. The topological polar surface area (TPSA) is 52.6 Å². The van der Waals surface area contributed by atoms with E-state index in [0.29, 0.717) is 18.9 Å². The molecule has 4 heteroatoms. The molecule has 0 radical (unpaired) electrons. The summed E-state index contributed by atoms with van der Waals surface area (Å²) >= 11 is 0. The van der Waals surface area contributed by atoms with E-state index in [4.69, 9.17) is 0 Å². The summed E-state index contributed by atoms with van der Waals surface area (Å²) in [5, 5.41) is 12.9. The SMILES string of the molecule is CCC(CCCN(CC1CC1)C(C)C)(NC(C)C)C(=O)O. The fourth-order valence-corrected chi connectivity index (χ4v) is 3.00. The number of rotatable bonds is 11. The second-order valence-corrected chi connectivity index (χ2v) is 7.18. The van der Waals surface area contributed by atoms with E-state index in [9.17, 15) is 9.90 Å². The van der Waals surface area contributed by atoms with Crippen LogP contribution < -0.4 is 5.32 Å². The van der Waals surface area contributed by atoms with Gasteiger partial charge in [-0.25, -0.2) is 0 Å². The third-order valence-corrected chi connectivity index (χ3v) is 4.55. The third-order valence-electron chi connectivity index (χ3n) is 4.55. The van der Waals surface area contributed by atoms with Crippen molar-refractivity contribution in [2.75, 3.05) is 13.1 Å². The van der Waals surface area contributed by atoms with Gasteiger partial charge in [-0.05, 0) is 72.3 Å². The quantitative estimate of drug-likeness (QED) is 0.615. The highest BCUT2D eigenvalue weighted by Gasteiger charge is 2.36. The molecule has 1 unspecified atom stereocenters. The molecule has 0 aromatic rings. The second-order valence-electron chi connectivity index (χ2n) is 7.18. The number of nitrogens with one attached hydrogen (secondary N) is 1. The zero-order valence-electron chi connectivity index (χ0n) is 14.5.